The molecular weight excluding hydrogens is 755 g/mol. The number of guanidine groups is 1. The van der Waals surface area contributed by atoms with E-state index in [-0.39, 0.29) is 76.5 Å². The molecule has 4 aliphatic carbocycles. The third-order valence-electron chi connectivity index (χ3n) is 15.7. The molecule has 8 nitrogen and oxygen atoms in total. The molecule has 0 radical (unpaired) electrons. The summed E-state index contributed by atoms with van der Waals surface area (Å²) in [5.74, 6) is 3.80. The number of benzene rings is 1. The van der Waals surface area contributed by atoms with Crippen molar-refractivity contribution in [2.24, 2.45) is 51.1 Å². The molecule has 7 aliphatic rings. The van der Waals surface area contributed by atoms with E-state index in [0.29, 0.717) is 37.0 Å². The summed E-state index contributed by atoms with van der Waals surface area (Å²) in [4.78, 5) is 19.7. The number of nitrogens with one attached hydrogen (secondary N) is 1. The van der Waals surface area contributed by atoms with Gasteiger partial charge in [0.05, 0.1) is 24.0 Å². The second kappa shape index (κ2) is 16.1. The molecule has 1 aromatic rings. The molecule has 8 rings (SSSR count). The van der Waals surface area contributed by atoms with Gasteiger partial charge in [-0.05, 0) is 116 Å². The number of allylic oxidation sites excluding steroid dienone is 2. The Morgan fingerprint density at radius 1 is 1.00 bits per heavy atom. The van der Waals surface area contributed by atoms with Crippen LogP contribution in [0.5, 0.6) is 0 Å². The van der Waals surface area contributed by atoms with Crippen LogP contribution < -0.4 is 11.1 Å². The fraction of sp³-hybridized carbons (Fsp3) is 0.762. The first-order chi connectivity index (χ1) is 26.2. The first-order valence-corrected chi connectivity index (χ1v) is 25.4. The zero-order valence-corrected chi connectivity index (χ0v) is 35.2. The maximum Gasteiger partial charge on any atom is 0.189 e. The van der Waals surface area contributed by atoms with Gasteiger partial charge in [-0.1, -0.05) is 93.1 Å². The molecule has 9 bridgehead atoms. The lowest BCUT2D eigenvalue weighted by atomic mass is 9.47. The van der Waals surface area contributed by atoms with Gasteiger partial charge in [-0.25, -0.2) is 0 Å². The largest absolute Gasteiger partial charge is 0.396 e. The first-order valence-electron chi connectivity index (χ1n) is 20.7. The summed E-state index contributed by atoms with van der Waals surface area (Å²) in [6.07, 6.45) is 13.3. The van der Waals surface area contributed by atoms with Crippen LogP contribution in [0.15, 0.2) is 34.3 Å². The number of hydrogen-bond acceptors (Lipinski definition) is 12. The zero-order valence-electron chi connectivity index (χ0n) is 31.9. The molecule has 0 saturated heterocycles. The zero-order chi connectivity index (χ0) is 37.7. The molecule has 7 N–H and O–H groups in total. The van der Waals surface area contributed by atoms with Crippen LogP contribution in [0.3, 0.4) is 0 Å². The number of aliphatic imine (C=N–C) groups is 1. The van der Waals surface area contributed by atoms with Crippen molar-refractivity contribution < 1.29 is 25.2 Å². The van der Waals surface area contributed by atoms with Crippen LogP contribution >= 0.6 is 43.2 Å². The Morgan fingerprint density at radius 2 is 1.83 bits per heavy atom. The molecule has 298 valence electrons. The molecular formula is C42H61N3O5S4. The van der Waals surface area contributed by atoms with Crippen molar-refractivity contribution in [1.29, 1.82) is 0 Å². The Hall–Kier alpha value is -0.860. The molecule has 3 heterocycles. The van der Waals surface area contributed by atoms with Crippen LogP contribution in [0, 0.1) is 40.4 Å². The minimum Gasteiger partial charge on any atom is -0.396 e. The number of fused-ring (bicyclic) bond motifs is 3. The lowest BCUT2D eigenvalue weighted by Crippen LogP contribution is -2.71. The molecule has 0 amide bonds. The number of nitrogens with zero attached hydrogens (tertiary/aromatic N) is 1. The average molecular weight is 816 g/mol. The van der Waals surface area contributed by atoms with Crippen molar-refractivity contribution in [1.82, 2.24) is 5.32 Å². The number of carbonyl (C=O) groups excluding carboxylic acids is 1. The van der Waals surface area contributed by atoms with E-state index < -0.39 is 0 Å². The monoisotopic (exact) mass is 815 g/mol. The van der Waals surface area contributed by atoms with Gasteiger partial charge in [0.15, 0.2) is 11.7 Å². The van der Waals surface area contributed by atoms with Gasteiger partial charge >= 0.3 is 0 Å². The van der Waals surface area contributed by atoms with E-state index in [4.69, 9.17) is 10.7 Å². The molecule has 3 spiro atoms. The van der Waals surface area contributed by atoms with Gasteiger partial charge in [-0.2, -0.15) is 0 Å². The maximum absolute atomic E-state index is 14.8. The summed E-state index contributed by atoms with van der Waals surface area (Å²) in [5, 5.41) is 46.0. The van der Waals surface area contributed by atoms with Gasteiger partial charge in [0, 0.05) is 53.8 Å². The molecule has 12 heteroatoms. The third kappa shape index (κ3) is 6.45. The molecule has 3 fully saturated rings. The maximum atomic E-state index is 14.8. The smallest absolute Gasteiger partial charge is 0.189 e. The van der Waals surface area contributed by atoms with Crippen molar-refractivity contribution in [3.05, 3.63) is 46.0 Å². The molecule has 0 unspecified atom stereocenters. The quantitative estimate of drug-likeness (QED) is 0.165. The number of aliphatic hydroxyl groups is 4. The number of nitrogens with two attached hydrogens (primary N) is 1. The number of carbonyl (C=O) groups is 1. The molecule has 3 saturated carbocycles. The number of hydrogen-bond donors (Lipinski definition) is 6. The summed E-state index contributed by atoms with van der Waals surface area (Å²) in [7, 11) is 7.74. The van der Waals surface area contributed by atoms with Crippen molar-refractivity contribution in [2.45, 2.75) is 119 Å². The molecule has 54 heavy (non-hydrogen) atoms. The minimum absolute atomic E-state index is 0.0322. The van der Waals surface area contributed by atoms with Crippen LogP contribution in [0.2, 0.25) is 0 Å². The highest BCUT2D eigenvalue weighted by Gasteiger charge is 2.70. The van der Waals surface area contributed by atoms with Gasteiger partial charge in [0.1, 0.15) is 0 Å². The van der Waals surface area contributed by atoms with Crippen LogP contribution in [-0.2, 0) is 17.8 Å². The van der Waals surface area contributed by atoms with E-state index in [1.54, 1.807) is 10.8 Å². The molecule has 9 atom stereocenters. The van der Waals surface area contributed by atoms with E-state index >= 15 is 0 Å². The van der Waals surface area contributed by atoms with E-state index in [0.717, 1.165) is 91.6 Å². The Morgan fingerprint density at radius 3 is 2.59 bits per heavy atom. The lowest BCUT2D eigenvalue weighted by Gasteiger charge is -2.58. The number of aliphatic hydroxyl groups excluding tert-OH is 4. The summed E-state index contributed by atoms with van der Waals surface area (Å²) >= 11 is 0. The lowest BCUT2D eigenvalue weighted by molar-refractivity contribution is -0.125. The van der Waals surface area contributed by atoms with Crippen molar-refractivity contribution in [2.75, 3.05) is 37.9 Å². The molecule has 1 aromatic carbocycles. The van der Waals surface area contributed by atoms with Crippen molar-refractivity contribution in [3.63, 3.8) is 0 Å². The fourth-order valence-electron chi connectivity index (χ4n) is 13.1. The van der Waals surface area contributed by atoms with Gasteiger partial charge in [0.2, 0.25) is 0 Å². The SMILES string of the molecule is C[C@]12CCSSC3(CCCCC3)[C@@]34C[C@H](CSS[C@H](CO)c5ccc(CO)c(c5)C[C@H]3CN=C(N)N4)CC3=C4C[C@H]1C[C@H](CO)[C@@H](CCCO)[C@@]42CC3=O. The van der Waals surface area contributed by atoms with Crippen molar-refractivity contribution in [3.8, 4) is 0 Å². The van der Waals surface area contributed by atoms with Crippen LogP contribution in [0.25, 0.3) is 0 Å². The molecule has 0 aromatic heterocycles. The topological polar surface area (TPSA) is 148 Å². The third-order valence-corrected chi connectivity index (χ3v) is 22.0. The predicted molar refractivity (Wildman–Crippen MR) is 225 cm³/mol. The fourth-order valence-corrected chi connectivity index (χ4v) is 19.8. The predicted octanol–water partition coefficient (Wildman–Crippen LogP) is 6.99. The molecule has 3 aliphatic heterocycles. The van der Waals surface area contributed by atoms with Crippen LogP contribution in [0.4, 0.5) is 0 Å². The van der Waals surface area contributed by atoms with Crippen LogP contribution in [0.1, 0.15) is 112 Å². The van der Waals surface area contributed by atoms with E-state index in [1.165, 1.54) is 24.8 Å². The number of Topliss-reactive ketones (excluding diaryl/α,β-unsaturated/α-hetero) is 1. The van der Waals surface area contributed by atoms with Crippen molar-refractivity contribution >= 4 is 54.9 Å². The number of rotatable bonds is 6. The summed E-state index contributed by atoms with van der Waals surface area (Å²) in [6.45, 7) is 3.40. The second-order valence-electron chi connectivity index (χ2n) is 17.9. The Balaban J connectivity index is 1.30. The van der Waals surface area contributed by atoms with Gasteiger partial charge in [-0.15, -0.1) is 0 Å². The highest BCUT2D eigenvalue weighted by molar-refractivity contribution is 8.77. The van der Waals surface area contributed by atoms with Crippen LogP contribution in [-0.4, -0.2) is 80.3 Å². The Bertz CT molecular complexity index is 1640. The summed E-state index contributed by atoms with van der Waals surface area (Å²) in [6, 6.07) is 6.36. The van der Waals surface area contributed by atoms with Gasteiger partial charge in [0.25, 0.3) is 0 Å². The van der Waals surface area contributed by atoms with E-state index in [2.05, 4.69) is 41.2 Å². The van der Waals surface area contributed by atoms with E-state index in [9.17, 15) is 25.2 Å². The minimum atomic E-state index is -0.381. The summed E-state index contributed by atoms with van der Waals surface area (Å²) < 4.78 is -0.0967. The average Bonchev–Trinajstić information content (AvgIpc) is 3.50. The second-order valence-corrected chi connectivity index (χ2v) is 23.4. The summed E-state index contributed by atoms with van der Waals surface area (Å²) in [5.41, 5.74) is 11.8. The normalized spacial score (nSPS) is 39.3. The van der Waals surface area contributed by atoms with Gasteiger partial charge in [-0.3, -0.25) is 9.79 Å². The highest BCUT2D eigenvalue weighted by Crippen LogP contribution is 2.76. The Kier molecular flexibility index (Phi) is 11.9. The highest BCUT2D eigenvalue weighted by atomic mass is 33.1. The first kappa shape index (κ1) is 39.9. The van der Waals surface area contributed by atoms with Gasteiger partial charge < -0.3 is 31.5 Å². The standard InChI is InChI=1S/C42H61N3O5S4/c1-39-11-13-51-54-40(9-3-2-4-10-40)42-19-26(14-33-35-18-31(39)17-30(23-48)34(6-5-12-46)41(35,39)20-36(33)50)25-52-53-37(24-49)27-7-8-28(22-47)29(15-27)16-32(42)21-44-38(43)45-42/h7-8,15,26,30-32,34,37,46-49H,2-6,9-14,16-25H2,1H3,(H3,43,44,45)/t26-,30-,31-,32+,34-,37-,39+,41+,42-/m1/s1. The van der Waals surface area contributed by atoms with E-state index in [1.807, 2.05) is 21.6 Å². The Labute approximate surface area is 337 Å². The number of ketones is 1.